The Kier molecular flexibility index (Phi) is 2.72. The largest absolute Gasteiger partial charge is 0.454 e. The van der Waals surface area contributed by atoms with E-state index in [9.17, 15) is 4.79 Å². The summed E-state index contributed by atoms with van der Waals surface area (Å²) in [5, 5.41) is 0. The number of fused-ring (bicyclic) bond motifs is 1. The van der Waals surface area contributed by atoms with Gasteiger partial charge in [-0.15, -0.1) is 0 Å². The van der Waals surface area contributed by atoms with Gasteiger partial charge in [-0.3, -0.25) is 0 Å². The van der Waals surface area contributed by atoms with E-state index >= 15 is 0 Å². The van der Waals surface area contributed by atoms with Crippen LogP contribution in [0.4, 0.5) is 0 Å². The fourth-order valence-corrected chi connectivity index (χ4v) is 1.56. The topological polar surface area (TPSA) is 35.5 Å². The van der Waals surface area contributed by atoms with E-state index in [0.29, 0.717) is 6.42 Å². The molecule has 0 spiro atoms. The van der Waals surface area contributed by atoms with Gasteiger partial charge in [0, 0.05) is 12.5 Å². The van der Waals surface area contributed by atoms with Gasteiger partial charge in [0.1, 0.15) is 5.75 Å². The van der Waals surface area contributed by atoms with Crippen LogP contribution < -0.4 is 4.74 Å². The maximum absolute atomic E-state index is 11.0. The summed E-state index contributed by atoms with van der Waals surface area (Å²) in [6.45, 7) is 3.34. The molecule has 1 aromatic carbocycles. The number of para-hydroxylation sites is 1. The number of aryl methyl sites for hydroxylation is 1. The highest BCUT2D eigenvalue weighted by atomic mass is 16.7. The first kappa shape index (κ1) is 9.77. The van der Waals surface area contributed by atoms with Crippen LogP contribution >= 0.6 is 0 Å². The van der Waals surface area contributed by atoms with Crippen molar-refractivity contribution >= 4 is 5.97 Å². The molecule has 0 saturated heterocycles. The third-order valence-corrected chi connectivity index (χ3v) is 2.29. The van der Waals surface area contributed by atoms with E-state index in [1.54, 1.807) is 0 Å². The summed E-state index contributed by atoms with van der Waals surface area (Å²) in [4.78, 5) is 11.0. The van der Waals surface area contributed by atoms with Crippen molar-refractivity contribution in [3.63, 3.8) is 0 Å². The Morgan fingerprint density at radius 1 is 1.53 bits per heavy atom. The molecule has 0 saturated carbocycles. The Hall–Kier alpha value is -1.77. The number of esters is 1. The monoisotopic (exact) mass is 204 g/mol. The summed E-state index contributed by atoms with van der Waals surface area (Å²) in [6, 6.07) is 7.76. The van der Waals surface area contributed by atoms with Crippen LogP contribution in [0.25, 0.3) is 0 Å². The smallest absolute Gasteiger partial charge is 0.333 e. The van der Waals surface area contributed by atoms with E-state index in [-0.39, 0.29) is 0 Å². The van der Waals surface area contributed by atoms with Gasteiger partial charge >= 0.3 is 5.97 Å². The summed E-state index contributed by atoms with van der Waals surface area (Å²) < 4.78 is 10.5. The van der Waals surface area contributed by atoms with Gasteiger partial charge in [0.05, 0.1) is 0 Å². The molecule has 1 atom stereocenters. The molecule has 3 heteroatoms. The summed E-state index contributed by atoms with van der Waals surface area (Å²) in [5.74, 6) is 0.352. The van der Waals surface area contributed by atoms with Gasteiger partial charge < -0.3 is 9.47 Å². The van der Waals surface area contributed by atoms with Crippen molar-refractivity contribution in [2.45, 2.75) is 19.1 Å². The first-order chi connectivity index (χ1) is 7.29. The lowest BCUT2D eigenvalue weighted by Crippen LogP contribution is -2.27. The normalized spacial score (nSPS) is 18.5. The van der Waals surface area contributed by atoms with Gasteiger partial charge in [-0.05, 0) is 18.1 Å². The predicted molar refractivity (Wildman–Crippen MR) is 55.5 cm³/mol. The molecule has 3 nitrogen and oxygen atoms in total. The van der Waals surface area contributed by atoms with Gasteiger partial charge in [0.25, 0.3) is 0 Å². The predicted octanol–water partition coefficient (Wildman–Crippen LogP) is 2.07. The van der Waals surface area contributed by atoms with E-state index in [1.165, 1.54) is 0 Å². The minimum absolute atomic E-state index is 0.445. The molecule has 0 amide bonds. The minimum atomic E-state index is -0.481. The van der Waals surface area contributed by atoms with Crippen LogP contribution in [0, 0.1) is 0 Å². The second-order valence-electron chi connectivity index (χ2n) is 3.33. The maximum atomic E-state index is 11.0. The fraction of sp³-hybridized carbons (Fsp3) is 0.250. The van der Waals surface area contributed by atoms with Crippen LogP contribution in [0.3, 0.4) is 0 Å². The Labute approximate surface area is 88.3 Å². The van der Waals surface area contributed by atoms with E-state index < -0.39 is 12.3 Å². The van der Waals surface area contributed by atoms with E-state index in [0.717, 1.165) is 23.8 Å². The van der Waals surface area contributed by atoms with Crippen molar-refractivity contribution < 1.29 is 14.3 Å². The molecule has 0 N–H and O–H groups in total. The summed E-state index contributed by atoms with van der Waals surface area (Å²) >= 11 is 0. The first-order valence-corrected chi connectivity index (χ1v) is 4.87. The third kappa shape index (κ3) is 2.18. The molecule has 0 aromatic heterocycles. The van der Waals surface area contributed by atoms with Crippen LogP contribution in [0.1, 0.15) is 12.0 Å². The number of rotatable bonds is 2. The number of carbonyl (C=O) groups is 1. The number of ether oxygens (including phenoxy) is 2. The van der Waals surface area contributed by atoms with Gasteiger partial charge in [-0.25, -0.2) is 4.79 Å². The summed E-state index contributed by atoms with van der Waals surface area (Å²) in [5.41, 5.74) is 1.16. The molecule has 1 aliphatic rings. The zero-order chi connectivity index (χ0) is 10.7. The molecule has 1 aromatic rings. The molecule has 15 heavy (non-hydrogen) atoms. The molecule has 1 unspecified atom stereocenters. The standard InChI is InChI=1S/C12H12O3/c1-2-11(13)15-12-8-7-9-5-3-4-6-10(9)14-12/h2-6,12H,1,7-8H2. The number of benzene rings is 1. The van der Waals surface area contributed by atoms with Crippen LogP contribution in [0.2, 0.25) is 0 Å². The third-order valence-electron chi connectivity index (χ3n) is 2.29. The molecule has 0 fully saturated rings. The first-order valence-electron chi connectivity index (χ1n) is 4.87. The minimum Gasteiger partial charge on any atom is -0.454 e. The molecule has 0 aliphatic carbocycles. The summed E-state index contributed by atoms with van der Waals surface area (Å²) in [6.07, 6.45) is 2.22. The average molecular weight is 204 g/mol. The lowest BCUT2D eigenvalue weighted by atomic mass is 10.1. The molecular formula is C12H12O3. The summed E-state index contributed by atoms with van der Waals surface area (Å²) in [7, 11) is 0. The Balaban J connectivity index is 2.05. The van der Waals surface area contributed by atoms with Gasteiger partial charge in [0.15, 0.2) is 0 Å². The van der Waals surface area contributed by atoms with Crippen molar-refractivity contribution in [2.75, 3.05) is 0 Å². The fourth-order valence-electron chi connectivity index (χ4n) is 1.56. The van der Waals surface area contributed by atoms with E-state index in [1.807, 2.05) is 24.3 Å². The zero-order valence-electron chi connectivity index (χ0n) is 8.31. The van der Waals surface area contributed by atoms with Crippen LogP contribution in [0.15, 0.2) is 36.9 Å². The lowest BCUT2D eigenvalue weighted by Gasteiger charge is -2.24. The molecule has 1 heterocycles. The number of hydrogen-bond donors (Lipinski definition) is 0. The Bertz CT molecular complexity index is 384. The SMILES string of the molecule is C=CC(=O)OC1CCc2ccccc2O1. The second kappa shape index (κ2) is 4.17. The highest BCUT2D eigenvalue weighted by molar-refractivity contribution is 5.81. The van der Waals surface area contributed by atoms with Gasteiger partial charge in [-0.1, -0.05) is 24.8 Å². The van der Waals surface area contributed by atoms with Gasteiger partial charge in [-0.2, -0.15) is 0 Å². The quantitative estimate of drug-likeness (QED) is 0.546. The molecule has 0 radical (unpaired) electrons. The van der Waals surface area contributed by atoms with Gasteiger partial charge in [0.2, 0.25) is 6.29 Å². The molecule has 1 aliphatic heterocycles. The van der Waals surface area contributed by atoms with E-state index in [2.05, 4.69) is 6.58 Å². The molecule has 0 bridgehead atoms. The molecule has 2 rings (SSSR count). The highest BCUT2D eigenvalue weighted by Crippen LogP contribution is 2.27. The second-order valence-corrected chi connectivity index (χ2v) is 3.33. The van der Waals surface area contributed by atoms with Crippen LogP contribution in [-0.4, -0.2) is 12.3 Å². The van der Waals surface area contributed by atoms with Crippen molar-refractivity contribution in [1.82, 2.24) is 0 Å². The van der Waals surface area contributed by atoms with Crippen LogP contribution in [0.5, 0.6) is 5.75 Å². The number of hydrogen-bond acceptors (Lipinski definition) is 3. The van der Waals surface area contributed by atoms with E-state index in [4.69, 9.17) is 9.47 Å². The Morgan fingerprint density at radius 2 is 2.33 bits per heavy atom. The van der Waals surface area contributed by atoms with Crippen molar-refractivity contribution in [3.05, 3.63) is 42.5 Å². The lowest BCUT2D eigenvalue weighted by molar-refractivity contribution is -0.159. The molecular weight excluding hydrogens is 192 g/mol. The Morgan fingerprint density at radius 3 is 3.13 bits per heavy atom. The number of carbonyl (C=O) groups excluding carboxylic acids is 1. The molecule has 78 valence electrons. The van der Waals surface area contributed by atoms with Crippen LogP contribution in [-0.2, 0) is 16.0 Å². The average Bonchev–Trinajstić information content (AvgIpc) is 2.29. The van der Waals surface area contributed by atoms with Crippen molar-refractivity contribution in [2.24, 2.45) is 0 Å². The van der Waals surface area contributed by atoms with Crippen molar-refractivity contribution in [1.29, 1.82) is 0 Å². The zero-order valence-corrected chi connectivity index (χ0v) is 8.31. The maximum Gasteiger partial charge on any atom is 0.333 e. The van der Waals surface area contributed by atoms with Crippen molar-refractivity contribution in [3.8, 4) is 5.75 Å². The highest BCUT2D eigenvalue weighted by Gasteiger charge is 2.21.